The van der Waals surface area contributed by atoms with Gasteiger partial charge < -0.3 is 25.4 Å². The van der Waals surface area contributed by atoms with Gasteiger partial charge in [0.05, 0.1) is 40.8 Å². The summed E-state index contributed by atoms with van der Waals surface area (Å²) < 4.78 is 5.30. The highest BCUT2D eigenvalue weighted by atomic mass is 35.5. The number of nitrogens with one attached hydrogen (secondary N) is 2. The van der Waals surface area contributed by atoms with Crippen molar-refractivity contribution in [2.75, 3.05) is 43.5 Å². The summed E-state index contributed by atoms with van der Waals surface area (Å²) in [5.74, 6) is 1.28. The summed E-state index contributed by atoms with van der Waals surface area (Å²) in [4.78, 5) is 24.8. The van der Waals surface area contributed by atoms with Crippen LogP contribution < -0.4 is 20.3 Å². The van der Waals surface area contributed by atoms with Gasteiger partial charge in [0.25, 0.3) is 0 Å². The zero-order chi connectivity index (χ0) is 26.2. The molecule has 0 amide bonds. The van der Waals surface area contributed by atoms with E-state index in [0.29, 0.717) is 11.3 Å². The van der Waals surface area contributed by atoms with Crippen LogP contribution in [-0.4, -0.2) is 54.1 Å². The lowest BCUT2D eigenvalue weighted by Crippen LogP contribution is -2.43. The summed E-state index contributed by atoms with van der Waals surface area (Å²) in [6.45, 7) is 3.73. The fourth-order valence-electron chi connectivity index (χ4n) is 4.84. The molecule has 0 radical (unpaired) electrons. The summed E-state index contributed by atoms with van der Waals surface area (Å²) >= 11 is 6.27. The highest BCUT2D eigenvalue weighted by Crippen LogP contribution is 2.41. The topological polar surface area (TPSA) is 99.6 Å². The number of ether oxygens (including phenoxy) is 1. The van der Waals surface area contributed by atoms with Crippen LogP contribution in [0, 0.1) is 5.92 Å². The summed E-state index contributed by atoms with van der Waals surface area (Å²) in [7, 11) is 1.48. The Morgan fingerprint density at radius 3 is 2.61 bits per heavy atom. The Balaban J connectivity index is 1.42. The van der Waals surface area contributed by atoms with E-state index in [1.54, 1.807) is 18.3 Å². The van der Waals surface area contributed by atoms with E-state index < -0.39 is 0 Å². The summed E-state index contributed by atoms with van der Waals surface area (Å²) in [6.07, 6.45) is 5.30. The maximum absolute atomic E-state index is 13.3. The molecule has 3 heterocycles. The van der Waals surface area contributed by atoms with Crippen LogP contribution in [0.15, 0.2) is 54.9 Å². The van der Waals surface area contributed by atoms with Crippen molar-refractivity contribution in [2.45, 2.75) is 12.8 Å². The van der Waals surface area contributed by atoms with E-state index in [1.807, 2.05) is 36.5 Å². The van der Waals surface area contributed by atoms with E-state index in [9.17, 15) is 9.90 Å². The molecule has 38 heavy (non-hydrogen) atoms. The molecule has 0 bridgehead atoms. The number of hydrogen-bond acceptors (Lipinski definition) is 8. The van der Waals surface area contributed by atoms with Gasteiger partial charge >= 0.3 is 0 Å². The number of ketones is 1. The highest BCUT2D eigenvalue weighted by Gasteiger charge is 2.32. The summed E-state index contributed by atoms with van der Waals surface area (Å²) in [6, 6.07) is 13.3. The average molecular weight is 530 g/mol. The third-order valence-electron chi connectivity index (χ3n) is 7.12. The van der Waals surface area contributed by atoms with Crippen molar-refractivity contribution in [1.82, 2.24) is 15.3 Å². The van der Waals surface area contributed by atoms with Gasteiger partial charge in [-0.25, -0.2) is 4.98 Å². The van der Waals surface area contributed by atoms with Crippen LogP contribution in [0.5, 0.6) is 11.5 Å². The van der Waals surface area contributed by atoms with Gasteiger partial charge in [0.2, 0.25) is 0 Å². The smallest absolute Gasteiger partial charge is 0.176 e. The van der Waals surface area contributed by atoms with Crippen molar-refractivity contribution in [2.24, 2.45) is 5.92 Å². The molecule has 2 aliphatic rings. The minimum atomic E-state index is -0.100. The molecule has 8 nitrogen and oxygen atoms in total. The SMILES string of the molecule is COc1cc(-c2ccc3ncc(C(=O)C4CC4)c(Nc4ccc(N5CCNCC5)nc4)c3c2)cc(Cl)c1O. The second-order valence-corrected chi connectivity index (χ2v) is 10.1. The van der Waals surface area contributed by atoms with Gasteiger partial charge in [-0.2, -0.15) is 0 Å². The first-order chi connectivity index (χ1) is 18.5. The minimum absolute atomic E-state index is 0.0476. The molecule has 0 spiro atoms. The van der Waals surface area contributed by atoms with Crippen LogP contribution >= 0.6 is 11.6 Å². The lowest BCUT2D eigenvalue weighted by molar-refractivity contribution is 0.0968. The van der Waals surface area contributed by atoms with Crippen molar-refractivity contribution in [3.8, 4) is 22.6 Å². The van der Waals surface area contributed by atoms with Gasteiger partial charge in [-0.15, -0.1) is 0 Å². The second kappa shape index (κ2) is 10.1. The molecule has 1 saturated carbocycles. The Morgan fingerprint density at radius 2 is 1.89 bits per heavy atom. The highest BCUT2D eigenvalue weighted by molar-refractivity contribution is 6.32. The van der Waals surface area contributed by atoms with Crippen LogP contribution in [-0.2, 0) is 0 Å². The number of carbonyl (C=O) groups is 1. The monoisotopic (exact) mass is 529 g/mol. The number of benzene rings is 2. The fourth-order valence-corrected chi connectivity index (χ4v) is 5.05. The second-order valence-electron chi connectivity index (χ2n) is 9.69. The maximum Gasteiger partial charge on any atom is 0.176 e. The number of phenols is 1. The zero-order valence-electron chi connectivity index (χ0n) is 21.0. The third-order valence-corrected chi connectivity index (χ3v) is 7.41. The van der Waals surface area contributed by atoms with E-state index in [-0.39, 0.29) is 28.2 Å². The first-order valence-corrected chi connectivity index (χ1v) is 13.1. The molecular formula is C29H28ClN5O3. The fraction of sp³-hybridized carbons (Fsp3) is 0.276. The van der Waals surface area contributed by atoms with Gasteiger partial charge in [-0.1, -0.05) is 17.7 Å². The number of rotatable bonds is 7. The Labute approximate surface area is 225 Å². The number of methoxy groups -OCH3 is 1. The van der Waals surface area contributed by atoms with Gasteiger partial charge in [0.1, 0.15) is 5.82 Å². The van der Waals surface area contributed by atoms with Gasteiger partial charge in [-0.3, -0.25) is 9.78 Å². The van der Waals surface area contributed by atoms with Gasteiger partial charge in [0, 0.05) is 43.7 Å². The number of carbonyl (C=O) groups excluding carboxylic acids is 1. The molecule has 0 atom stereocenters. The van der Waals surface area contributed by atoms with Crippen LogP contribution in [0.25, 0.3) is 22.0 Å². The largest absolute Gasteiger partial charge is 0.503 e. The van der Waals surface area contributed by atoms with Gasteiger partial charge in [0.15, 0.2) is 17.3 Å². The predicted molar refractivity (Wildman–Crippen MR) is 150 cm³/mol. The van der Waals surface area contributed by atoms with Crippen molar-refractivity contribution in [3.63, 3.8) is 0 Å². The van der Waals surface area contributed by atoms with E-state index in [1.165, 1.54) is 7.11 Å². The number of anilines is 3. The molecule has 1 aliphatic heterocycles. The quantitative estimate of drug-likeness (QED) is 0.273. The minimum Gasteiger partial charge on any atom is -0.503 e. The number of Topliss-reactive ketones (excluding diaryl/α,β-unsaturated/α-hetero) is 1. The van der Waals surface area contributed by atoms with Crippen molar-refractivity contribution >= 4 is 45.5 Å². The molecule has 2 aromatic heterocycles. The zero-order valence-corrected chi connectivity index (χ0v) is 21.8. The number of phenolic OH excluding ortho intramolecular Hbond substituents is 1. The Morgan fingerprint density at radius 1 is 1.08 bits per heavy atom. The number of halogens is 1. The van der Waals surface area contributed by atoms with Gasteiger partial charge in [-0.05, 0) is 60.4 Å². The maximum atomic E-state index is 13.3. The number of pyridine rings is 2. The molecule has 9 heteroatoms. The number of aromatic nitrogens is 2. The Bertz CT molecular complexity index is 1520. The first kappa shape index (κ1) is 24.5. The molecule has 0 unspecified atom stereocenters. The Hall–Kier alpha value is -3.88. The number of aromatic hydroxyl groups is 1. The average Bonchev–Trinajstić information content (AvgIpc) is 3.81. The molecule has 1 saturated heterocycles. The third kappa shape index (κ3) is 4.73. The number of fused-ring (bicyclic) bond motifs is 1. The van der Waals surface area contributed by atoms with Crippen molar-refractivity contribution in [1.29, 1.82) is 0 Å². The number of nitrogens with zero attached hydrogens (tertiary/aromatic N) is 3. The molecule has 2 fully saturated rings. The molecular weight excluding hydrogens is 502 g/mol. The van der Waals surface area contributed by atoms with Crippen molar-refractivity contribution < 1.29 is 14.6 Å². The van der Waals surface area contributed by atoms with E-state index in [0.717, 1.165) is 72.6 Å². The van der Waals surface area contributed by atoms with E-state index in [2.05, 4.69) is 25.5 Å². The lowest BCUT2D eigenvalue weighted by atomic mass is 9.98. The molecule has 194 valence electrons. The normalized spacial score (nSPS) is 15.5. The summed E-state index contributed by atoms with van der Waals surface area (Å²) in [5.41, 5.74) is 4.46. The van der Waals surface area contributed by atoms with E-state index >= 15 is 0 Å². The molecule has 2 aromatic carbocycles. The van der Waals surface area contributed by atoms with E-state index in [4.69, 9.17) is 16.3 Å². The number of hydrogen-bond donors (Lipinski definition) is 3. The van der Waals surface area contributed by atoms with Crippen LogP contribution in [0.3, 0.4) is 0 Å². The molecule has 6 rings (SSSR count). The predicted octanol–water partition coefficient (Wildman–Crippen LogP) is 5.41. The van der Waals surface area contributed by atoms with Crippen LogP contribution in [0.1, 0.15) is 23.2 Å². The molecule has 1 aliphatic carbocycles. The van der Waals surface area contributed by atoms with Crippen molar-refractivity contribution in [3.05, 3.63) is 65.4 Å². The van der Waals surface area contributed by atoms with Crippen LogP contribution in [0.2, 0.25) is 5.02 Å². The standard InChI is InChI=1S/C29H28ClN5O3/c1-38-25-14-19(13-23(30)29(25)37)18-4-6-24-21(12-18)27(22(16-32-24)28(36)17-2-3-17)34-20-5-7-26(33-15-20)35-10-8-31-9-11-35/h4-7,12-17,31,37H,2-3,8-11H2,1H3,(H,32,34). The lowest BCUT2D eigenvalue weighted by Gasteiger charge is -2.28. The molecule has 3 N–H and O–H groups in total. The molecule has 4 aromatic rings. The first-order valence-electron chi connectivity index (χ1n) is 12.7. The summed E-state index contributed by atoms with van der Waals surface area (Å²) in [5, 5.41) is 18.0. The Kier molecular flexibility index (Phi) is 6.51. The number of piperazine rings is 1. The van der Waals surface area contributed by atoms with Crippen LogP contribution in [0.4, 0.5) is 17.2 Å².